The van der Waals surface area contributed by atoms with Crippen molar-refractivity contribution in [3.8, 4) is 0 Å². The van der Waals surface area contributed by atoms with Crippen LogP contribution in [0, 0.1) is 0 Å². The molecule has 14 heavy (non-hydrogen) atoms. The molecule has 0 heterocycles. The van der Waals surface area contributed by atoms with Gasteiger partial charge in [0.15, 0.2) is 0 Å². The standard InChI is InChI=1S/C13H16N/c1-14-13-9-7-12(8-10-13)11-5-3-2-4-6-11/h1,7-11H,2-6H2. The van der Waals surface area contributed by atoms with Gasteiger partial charge in [-0.1, -0.05) is 31.4 Å². The monoisotopic (exact) mass is 186 g/mol. The number of hydrogen-bond donors (Lipinski definition) is 0. The number of hydrogen-bond acceptors (Lipinski definition) is 1. The van der Waals surface area contributed by atoms with Gasteiger partial charge in [-0.25, -0.2) is 0 Å². The minimum Gasteiger partial charge on any atom is -0.255 e. The lowest BCUT2D eigenvalue weighted by molar-refractivity contribution is 0.443. The average Bonchev–Trinajstić information content (AvgIpc) is 2.30. The van der Waals surface area contributed by atoms with Crippen molar-refractivity contribution < 1.29 is 0 Å². The largest absolute Gasteiger partial charge is 0.255 e. The molecule has 1 heteroatoms. The first kappa shape index (κ1) is 9.45. The molecule has 1 fully saturated rings. The zero-order valence-corrected chi connectivity index (χ0v) is 8.45. The summed E-state index contributed by atoms with van der Waals surface area (Å²) in [5, 5.41) is 0. The molecule has 0 aliphatic heterocycles. The Morgan fingerprint density at radius 2 is 1.64 bits per heavy atom. The fourth-order valence-corrected chi connectivity index (χ4v) is 2.27. The number of benzene rings is 1. The highest BCUT2D eigenvalue weighted by atomic mass is 14.7. The first-order chi connectivity index (χ1) is 6.90. The van der Waals surface area contributed by atoms with Gasteiger partial charge in [-0.05, 0) is 36.5 Å². The molecule has 1 radical (unpaired) electrons. The van der Waals surface area contributed by atoms with Crippen molar-refractivity contribution in [1.82, 2.24) is 0 Å². The first-order valence-electron chi connectivity index (χ1n) is 5.41. The van der Waals surface area contributed by atoms with Crippen LogP contribution < -0.4 is 0 Å². The van der Waals surface area contributed by atoms with Gasteiger partial charge >= 0.3 is 0 Å². The van der Waals surface area contributed by atoms with E-state index in [0.717, 1.165) is 11.6 Å². The maximum Gasteiger partial charge on any atom is 0.0630 e. The molecule has 2 rings (SSSR count). The first-order valence-corrected chi connectivity index (χ1v) is 5.41. The molecule has 1 saturated carbocycles. The molecule has 0 N–H and O–H groups in total. The van der Waals surface area contributed by atoms with Gasteiger partial charge in [0, 0.05) is 6.72 Å². The summed E-state index contributed by atoms with van der Waals surface area (Å²) in [5.41, 5.74) is 2.32. The van der Waals surface area contributed by atoms with Crippen LogP contribution in [0.5, 0.6) is 0 Å². The summed E-state index contributed by atoms with van der Waals surface area (Å²) in [6.45, 7) is 5.20. The second-order valence-electron chi connectivity index (χ2n) is 4.06. The Labute approximate surface area is 85.9 Å². The molecule has 0 bridgehead atoms. The van der Waals surface area contributed by atoms with E-state index >= 15 is 0 Å². The summed E-state index contributed by atoms with van der Waals surface area (Å²) in [6.07, 6.45) is 6.87. The summed E-state index contributed by atoms with van der Waals surface area (Å²) >= 11 is 0. The third kappa shape index (κ3) is 2.03. The summed E-state index contributed by atoms with van der Waals surface area (Å²) in [6, 6.07) is 8.34. The van der Waals surface area contributed by atoms with Gasteiger partial charge in [0.25, 0.3) is 0 Å². The van der Waals surface area contributed by atoms with Crippen molar-refractivity contribution in [2.45, 2.75) is 38.0 Å². The molecule has 1 nitrogen and oxygen atoms in total. The van der Waals surface area contributed by atoms with Crippen LogP contribution in [0.1, 0.15) is 43.6 Å². The zero-order chi connectivity index (χ0) is 9.80. The van der Waals surface area contributed by atoms with E-state index in [1.807, 2.05) is 12.1 Å². The summed E-state index contributed by atoms with van der Waals surface area (Å²) in [5.74, 6) is 0.774. The van der Waals surface area contributed by atoms with E-state index in [1.165, 1.54) is 37.7 Å². The highest BCUT2D eigenvalue weighted by Crippen LogP contribution is 2.33. The Balaban J connectivity index is 2.11. The third-order valence-corrected chi connectivity index (χ3v) is 3.12. The maximum absolute atomic E-state index is 5.20. The average molecular weight is 186 g/mol. The van der Waals surface area contributed by atoms with Crippen molar-refractivity contribution in [3.63, 3.8) is 0 Å². The van der Waals surface area contributed by atoms with Crippen LogP contribution in [0.25, 0.3) is 0 Å². The van der Waals surface area contributed by atoms with Gasteiger partial charge in [0.1, 0.15) is 0 Å². The number of rotatable bonds is 2. The molecular formula is C13H16N. The SMILES string of the molecule is [CH]=Nc1ccc(C2CCCCC2)cc1. The smallest absolute Gasteiger partial charge is 0.0630 e. The second kappa shape index (κ2) is 4.41. The third-order valence-electron chi connectivity index (χ3n) is 3.12. The van der Waals surface area contributed by atoms with E-state index in [2.05, 4.69) is 17.1 Å². The lowest BCUT2D eigenvalue weighted by Crippen LogP contribution is -2.03. The van der Waals surface area contributed by atoms with E-state index in [9.17, 15) is 0 Å². The van der Waals surface area contributed by atoms with Gasteiger partial charge in [-0.2, -0.15) is 0 Å². The zero-order valence-electron chi connectivity index (χ0n) is 8.45. The molecule has 1 aliphatic rings. The molecule has 0 unspecified atom stereocenters. The molecule has 1 aromatic carbocycles. The van der Waals surface area contributed by atoms with Crippen molar-refractivity contribution in [3.05, 3.63) is 29.8 Å². The Hall–Kier alpha value is -1.11. The molecule has 1 aromatic rings. The molecular weight excluding hydrogens is 170 g/mol. The lowest BCUT2D eigenvalue weighted by Gasteiger charge is -2.21. The van der Waals surface area contributed by atoms with E-state index < -0.39 is 0 Å². The van der Waals surface area contributed by atoms with Gasteiger partial charge in [-0.15, -0.1) is 0 Å². The van der Waals surface area contributed by atoms with Crippen LogP contribution in [0.4, 0.5) is 5.69 Å². The van der Waals surface area contributed by atoms with Crippen LogP contribution in [0.3, 0.4) is 0 Å². The van der Waals surface area contributed by atoms with Crippen LogP contribution in [0.15, 0.2) is 29.3 Å². The van der Waals surface area contributed by atoms with Crippen molar-refractivity contribution >= 4 is 12.4 Å². The Morgan fingerprint density at radius 1 is 1.00 bits per heavy atom. The Morgan fingerprint density at radius 3 is 2.21 bits per heavy atom. The van der Waals surface area contributed by atoms with E-state index in [0.29, 0.717) is 0 Å². The molecule has 0 atom stereocenters. The highest BCUT2D eigenvalue weighted by Gasteiger charge is 2.14. The molecule has 0 spiro atoms. The van der Waals surface area contributed by atoms with Gasteiger partial charge in [0.2, 0.25) is 0 Å². The minimum atomic E-state index is 0.774. The van der Waals surface area contributed by atoms with Gasteiger partial charge in [-0.3, -0.25) is 4.99 Å². The number of nitrogens with zero attached hydrogens (tertiary/aromatic N) is 1. The Kier molecular flexibility index (Phi) is 2.97. The van der Waals surface area contributed by atoms with E-state index in [4.69, 9.17) is 6.72 Å². The predicted octanol–water partition coefficient (Wildman–Crippen LogP) is 3.94. The normalized spacial score (nSPS) is 18.0. The van der Waals surface area contributed by atoms with Crippen LogP contribution in [-0.4, -0.2) is 6.72 Å². The molecule has 1 aliphatic carbocycles. The molecule has 0 aromatic heterocycles. The van der Waals surface area contributed by atoms with Crippen LogP contribution in [0.2, 0.25) is 0 Å². The van der Waals surface area contributed by atoms with Crippen molar-refractivity contribution in [1.29, 1.82) is 0 Å². The summed E-state index contributed by atoms with van der Waals surface area (Å²) in [4.78, 5) is 3.66. The quantitative estimate of drug-likeness (QED) is 0.620. The summed E-state index contributed by atoms with van der Waals surface area (Å²) in [7, 11) is 0. The molecule has 0 saturated heterocycles. The molecule has 0 amide bonds. The van der Waals surface area contributed by atoms with Crippen LogP contribution in [-0.2, 0) is 0 Å². The second-order valence-corrected chi connectivity index (χ2v) is 4.06. The van der Waals surface area contributed by atoms with Crippen LogP contribution >= 0.6 is 0 Å². The van der Waals surface area contributed by atoms with Crippen molar-refractivity contribution in [2.75, 3.05) is 0 Å². The van der Waals surface area contributed by atoms with Crippen molar-refractivity contribution in [2.24, 2.45) is 4.99 Å². The maximum atomic E-state index is 5.20. The molecule has 73 valence electrons. The fourth-order valence-electron chi connectivity index (χ4n) is 2.27. The summed E-state index contributed by atoms with van der Waals surface area (Å²) < 4.78 is 0. The van der Waals surface area contributed by atoms with Gasteiger partial charge in [0.05, 0.1) is 5.69 Å². The lowest BCUT2D eigenvalue weighted by atomic mass is 9.84. The van der Waals surface area contributed by atoms with E-state index in [-0.39, 0.29) is 0 Å². The van der Waals surface area contributed by atoms with Gasteiger partial charge < -0.3 is 0 Å². The fraction of sp³-hybridized carbons (Fsp3) is 0.462. The topological polar surface area (TPSA) is 12.4 Å². The Bertz CT molecular complexity index is 294. The number of aliphatic imine (C=N–C) groups is 1. The predicted molar refractivity (Wildman–Crippen MR) is 60.4 cm³/mol. The van der Waals surface area contributed by atoms with E-state index in [1.54, 1.807) is 0 Å². The minimum absolute atomic E-state index is 0.774. The highest BCUT2D eigenvalue weighted by molar-refractivity contribution is 5.46.